The maximum absolute atomic E-state index is 13.7. The molecule has 3 aromatic carbocycles. The summed E-state index contributed by atoms with van der Waals surface area (Å²) in [5.41, 5.74) is 3.73. The van der Waals surface area contributed by atoms with Crippen molar-refractivity contribution in [1.82, 2.24) is 9.62 Å². The molecule has 7 nitrogen and oxygen atoms in total. The fraction of sp³-hybridized carbons (Fsp3) is 0.355. The second-order valence-electron chi connectivity index (χ2n) is 10.4. The van der Waals surface area contributed by atoms with E-state index in [-0.39, 0.29) is 35.1 Å². The zero-order chi connectivity index (χ0) is 27.8. The van der Waals surface area contributed by atoms with Gasteiger partial charge in [-0.15, -0.1) is 0 Å². The van der Waals surface area contributed by atoms with Gasteiger partial charge in [0.25, 0.3) is 0 Å². The van der Waals surface area contributed by atoms with E-state index >= 15 is 0 Å². The lowest BCUT2D eigenvalue weighted by Crippen LogP contribution is -2.38. The van der Waals surface area contributed by atoms with Crippen molar-refractivity contribution in [3.8, 4) is 0 Å². The molecule has 0 spiro atoms. The number of nitrogens with one attached hydrogen (secondary N) is 2. The van der Waals surface area contributed by atoms with Crippen molar-refractivity contribution >= 4 is 27.5 Å². The largest absolute Gasteiger partial charge is 0.352 e. The van der Waals surface area contributed by atoms with E-state index in [1.54, 1.807) is 16.4 Å². The molecule has 39 heavy (non-hydrogen) atoms. The molecule has 3 aromatic rings. The minimum atomic E-state index is -3.77. The lowest BCUT2D eigenvalue weighted by atomic mass is 9.81. The fourth-order valence-corrected chi connectivity index (χ4v) is 6.54. The van der Waals surface area contributed by atoms with Crippen LogP contribution in [0.1, 0.15) is 49.3 Å². The van der Waals surface area contributed by atoms with Crippen molar-refractivity contribution in [1.29, 1.82) is 0 Å². The summed E-state index contributed by atoms with van der Waals surface area (Å²) in [5.74, 6) is -0.0201. The highest BCUT2D eigenvalue weighted by Crippen LogP contribution is 2.32. The van der Waals surface area contributed by atoms with Gasteiger partial charge in [-0.25, -0.2) is 8.42 Å². The summed E-state index contributed by atoms with van der Waals surface area (Å²) in [7, 11) is -3.77. The van der Waals surface area contributed by atoms with Crippen LogP contribution in [0.3, 0.4) is 0 Å². The molecule has 1 aliphatic carbocycles. The number of rotatable bonds is 10. The summed E-state index contributed by atoms with van der Waals surface area (Å²) in [5, 5.41) is 5.74. The van der Waals surface area contributed by atoms with Gasteiger partial charge in [-0.2, -0.15) is 4.31 Å². The van der Waals surface area contributed by atoms with Crippen molar-refractivity contribution in [2.75, 3.05) is 11.9 Å². The first kappa shape index (κ1) is 28.5. The normalized spacial score (nSPS) is 17.5. The van der Waals surface area contributed by atoms with Crippen molar-refractivity contribution in [3.05, 3.63) is 95.6 Å². The lowest BCUT2D eigenvalue weighted by Gasteiger charge is -2.32. The predicted molar refractivity (Wildman–Crippen MR) is 153 cm³/mol. The molecule has 0 unspecified atom stereocenters. The Balaban J connectivity index is 1.40. The highest BCUT2D eigenvalue weighted by Gasteiger charge is 2.31. The van der Waals surface area contributed by atoms with Gasteiger partial charge in [-0.1, -0.05) is 60.2 Å². The lowest BCUT2D eigenvalue weighted by molar-refractivity contribution is -0.126. The molecule has 0 aliphatic heterocycles. The second-order valence-corrected chi connectivity index (χ2v) is 12.3. The Kier molecular flexibility index (Phi) is 9.54. The van der Waals surface area contributed by atoms with E-state index < -0.39 is 10.0 Å². The first-order chi connectivity index (χ1) is 18.7. The average molecular weight is 548 g/mol. The van der Waals surface area contributed by atoms with Crippen molar-refractivity contribution in [3.63, 3.8) is 0 Å². The SMILES string of the molecule is CC(=O)Nc1ccc(S(=O)(=O)N(Cc2ccccc2)CC2CCC(C(=O)NCc3ccc(C)cc3)CC2)cc1. The Morgan fingerprint density at radius 2 is 1.49 bits per heavy atom. The highest BCUT2D eigenvalue weighted by atomic mass is 32.2. The molecule has 0 heterocycles. The highest BCUT2D eigenvalue weighted by molar-refractivity contribution is 7.89. The number of amides is 2. The summed E-state index contributed by atoms with van der Waals surface area (Å²) >= 11 is 0. The molecular formula is C31H37N3O4S. The summed E-state index contributed by atoms with van der Waals surface area (Å²) < 4.78 is 29.0. The van der Waals surface area contributed by atoms with Gasteiger partial charge >= 0.3 is 0 Å². The number of carbonyl (C=O) groups is 2. The third kappa shape index (κ3) is 8.00. The Morgan fingerprint density at radius 1 is 0.846 bits per heavy atom. The molecule has 1 fully saturated rings. The van der Waals surface area contributed by atoms with Crippen LogP contribution in [0.4, 0.5) is 5.69 Å². The molecule has 0 atom stereocenters. The molecule has 4 rings (SSSR count). The molecule has 0 aromatic heterocycles. The van der Waals surface area contributed by atoms with Crippen LogP contribution in [0.15, 0.2) is 83.8 Å². The maximum Gasteiger partial charge on any atom is 0.243 e. The van der Waals surface area contributed by atoms with Crippen LogP contribution in [-0.2, 0) is 32.7 Å². The number of sulfonamides is 1. The standard InChI is InChI=1S/C31H37N3O4S/c1-23-8-10-25(11-9-23)20-32-31(36)28-14-12-27(13-15-28)22-34(21-26-6-4-3-5-7-26)39(37,38)30-18-16-29(17-19-30)33-24(2)35/h3-11,16-19,27-28H,12-15,20-22H2,1-2H3,(H,32,36)(H,33,35). The summed E-state index contributed by atoms with van der Waals surface area (Å²) in [4.78, 5) is 24.3. The van der Waals surface area contributed by atoms with Gasteiger partial charge in [0.15, 0.2) is 0 Å². The molecule has 1 aliphatic rings. The van der Waals surface area contributed by atoms with Crippen LogP contribution in [0, 0.1) is 18.8 Å². The summed E-state index contributed by atoms with van der Waals surface area (Å²) in [6.45, 7) is 4.63. The van der Waals surface area contributed by atoms with Gasteiger partial charge in [0.05, 0.1) is 4.90 Å². The number of anilines is 1. The third-order valence-electron chi connectivity index (χ3n) is 7.28. The molecule has 206 valence electrons. The van der Waals surface area contributed by atoms with E-state index in [1.165, 1.54) is 24.6 Å². The fourth-order valence-electron chi connectivity index (χ4n) is 5.03. The van der Waals surface area contributed by atoms with E-state index in [0.29, 0.717) is 18.8 Å². The van der Waals surface area contributed by atoms with E-state index in [9.17, 15) is 18.0 Å². The minimum Gasteiger partial charge on any atom is -0.352 e. The molecule has 1 saturated carbocycles. The van der Waals surface area contributed by atoms with Crippen LogP contribution in [0.25, 0.3) is 0 Å². The first-order valence-electron chi connectivity index (χ1n) is 13.5. The molecule has 8 heteroatoms. The molecule has 0 radical (unpaired) electrons. The molecular weight excluding hydrogens is 510 g/mol. The number of carbonyl (C=O) groups excluding carboxylic acids is 2. The first-order valence-corrected chi connectivity index (χ1v) is 14.9. The van der Waals surface area contributed by atoms with Gasteiger partial charge in [0, 0.05) is 38.2 Å². The van der Waals surface area contributed by atoms with Gasteiger partial charge in [-0.05, 0) is 73.9 Å². The minimum absolute atomic E-state index is 0.0489. The number of aryl methyl sites for hydroxylation is 1. The summed E-state index contributed by atoms with van der Waals surface area (Å²) in [6, 6.07) is 24.0. The van der Waals surface area contributed by atoms with Gasteiger partial charge in [0.2, 0.25) is 21.8 Å². The predicted octanol–water partition coefficient (Wildman–Crippen LogP) is 5.27. The Morgan fingerprint density at radius 3 is 2.10 bits per heavy atom. The van der Waals surface area contributed by atoms with Gasteiger partial charge < -0.3 is 10.6 Å². The molecule has 0 saturated heterocycles. The van der Waals surface area contributed by atoms with Crippen molar-refractivity contribution in [2.45, 2.75) is 57.5 Å². The van der Waals surface area contributed by atoms with Gasteiger partial charge in [0.1, 0.15) is 0 Å². The average Bonchev–Trinajstić information content (AvgIpc) is 2.93. The maximum atomic E-state index is 13.7. The zero-order valence-electron chi connectivity index (χ0n) is 22.6. The number of benzene rings is 3. The van der Waals surface area contributed by atoms with E-state index in [2.05, 4.69) is 10.6 Å². The molecule has 2 amide bonds. The topological polar surface area (TPSA) is 95.6 Å². The quantitative estimate of drug-likeness (QED) is 0.362. The molecule has 2 N–H and O–H groups in total. The van der Waals surface area contributed by atoms with Crippen LogP contribution in [0.2, 0.25) is 0 Å². The van der Waals surface area contributed by atoms with E-state index in [4.69, 9.17) is 0 Å². The number of hydrogen-bond donors (Lipinski definition) is 2. The number of nitrogens with zero attached hydrogens (tertiary/aromatic N) is 1. The van der Waals surface area contributed by atoms with E-state index in [0.717, 1.165) is 36.8 Å². The van der Waals surface area contributed by atoms with Crippen LogP contribution in [0.5, 0.6) is 0 Å². The van der Waals surface area contributed by atoms with Crippen molar-refractivity contribution in [2.24, 2.45) is 11.8 Å². The molecule has 0 bridgehead atoms. The van der Waals surface area contributed by atoms with Crippen LogP contribution < -0.4 is 10.6 Å². The third-order valence-corrected chi connectivity index (χ3v) is 9.11. The van der Waals surface area contributed by atoms with Crippen LogP contribution >= 0.6 is 0 Å². The van der Waals surface area contributed by atoms with E-state index in [1.807, 2.05) is 61.5 Å². The Labute approximate surface area is 231 Å². The monoisotopic (exact) mass is 547 g/mol. The zero-order valence-corrected chi connectivity index (χ0v) is 23.4. The summed E-state index contributed by atoms with van der Waals surface area (Å²) in [6.07, 6.45) is 3.08. The van der Waals surface area contributed by atoms with Crippen LogP contribution in [-0.4, -0.2) is 31.1 Å². The van der Waals surface area contributed by atoms with Crippen molar-refractivity contribution < 1.29 is 18.0 Å². The Hall–Kier alpha value is -3.49. The number of hydrogen-bond acceptors (Lipinski definition) is 4. The second kappa shape index (κ2) is 13.0. The smallest absolute Gasteiger partial charge is 0.243 e. The Bertz CT molecular complexity index is 1350. The van der Waals surface area contributed by atoms with Gasteiger partial charge in [-0.3, -0.25) is 9.59 Å².